The van der Waals surface area contributed by atoms with Gasteiger partial charge in [0.25, 0.3) is 0 Å². The lowest BCUT2D eigenvalue weighted by molar-refractivity contribution is -0.575. The van der Waals surface area contributed by atoms with E-state index in [-0.39, 0.29) is 5.91 Å². The van der Waals surface area contributed by atoms with Crippen LogP contribution >= 0.6 is 0 Å². The normalized spacial score (nSPS) is 14.3. The largest absolute Gasteiger partial charge is 0.396 e. The first-order chi connectivity index (χ1) is 7.36. The molecular weight excluding hydrogens is 186 g/mol. The van der Waals surface area contributed by atoms with Crippen LogP contribution in [0.15, 0.2) is 42.6 Å². The minimum Gasteiger partial charge on any atom is -0.219 e. The zero-order chi connectivity index (χ0) is 10.3. The topological polar surface area (TPSA) is 20.9 Å². The van der Waals surface area contributed by atoms with Gasteiger partial charge in [-0.1, -0.05) is 18.2 Å². The molecule has 0 unspecified atom stereocenters. The molecule has 72 valence electrons. The molecule has 0 saturated heterocycles. The predicted octanol–water partition coefficient (Wildman–Crippen LogP) is 2.14. The summed E-state index contributed by atoms with van der Waals surface area (Å²) in [6, 6.07) is 10.1. The number of nitrogens with zero attached hydrogens (tertiary/aromatic N) is 1. The summed E-state index contributed by atoms with van der Waals surface area (Å²) in [5.74, 6) is 0.131. The van der Waals surface area contributed by atoms with E-state index in [0.717, 1.165) is 11.3 Å². The fourth-order valence-electron chi connectivity index (χ4n) is 2.01. The van der Waals surface area contributed by atoms with E-state index in [1.165, 1.54) is 5.56 Å². The summed E-state index contributed by atoms with van der Waals surface area (Å²) in [5, 5.41) is 0. The van der Waals surface area contributed by atoms with Gasteiger partial charge >= 0.3 is 5.91 Å². The molecule has 0 saturated carbocycles. The minimum atomic E-state index is 0.131. The molecule has 0 bridgehead atoms. The second-order valence-corrected chi connectivity index (χ2v) is 3.66. The molecule has 0 fully saturated rings. The first-order valence-electron chi connectivity index (χ1n) is 4.99. The lowest BCUT2D eigenvalue weighted by atomic mass is 10.1. The summed E-state index contributed by atoms with van der Waals surface area (Å²) >= 11 is 0. The molecule has 0 aromatic rings. The lowest BCUT2D eigenvalue weighted by Crippen LogP contribution is -2.45. The van der Waals surface area contributed by atoms with Crippen molar-refractivity contribution in [1.82, 2.24) is 0 Å². The molecule has 0 atom stereocenters. The number of carbonyl (C=O) groups excluding carboxylic acids is 1. The molecule has 0 spiro atoms. The van der Waals surface area contributed by atoms with Gasteiger partial charge in [0.05, 0.1) is 12.0 Å². The Morgan fingerprint density at radius 3 is 2.93 bits per heavy atom. The van der Waals surface area contributed by atoms with Gasteiger partial charge in [-0.3, -0.25) is 0 Å². The molecule has 0 N–H and O–H groups in total. The van der Waals surface area contributed by atoms with Crippen molar-refractivity contribution in [2.75, 3.05) is 0 Å². The minimum absolute atomic E-state index is 0.131. The summed E-state index contributed by atoms with van der Waals surface area (Å²) in [6.07, 6.45) is 6.26. The van der Waals surface area contributed by atoms with Crippen molar-refractivity contribution in [2.24, 2.45) is 0 Å². The Balaban J connectivity index is 2.41. The number of allylic oxidation sites excluding steroid dienone is 1. The smallest absolute Gasteiger partial charge is 0.219 e. The van der Waals surface area contributed by atoms with Gasteiger partial charge in [-0.2, -0.15) is 0 Å². The van der Waals surface area contributed by atoms with E-state index in [2.05, 4.69) is 6.07 Å². The van der Waals surface area contributed by atoms with E-state index in [4.69, 9.17) is 0 Å². The van der Waals surface area contributed by atoms with Crippen LogP contribution in [0.25, 0.3) is 17.2 Å². The number of carbonyl (C=O) groups is 1. The van der Waals surface area contributed by atoms with Gasteiger partial charge in [0.2, 0.25) is 5.69 Å². The first kappa shape index (κ1) is 8.36. The van der Waals surface area contributed by atoms with Crippen LogP contribution in [-0.4, -0.2) is 5.91 Å². The van der Waals surface area contributed by atoms with Crippen LogP contribution in [0.1, 0.15) is 16.9 Å². The Labute approximate surface area is 87.8 Å². The zero-order valence-electron chi connectivity index (χ0n) is 8.18. The van der Waals surface area contributed by atoms with Crippen LogP contribution in [0.3, 0.4) is 0 Å². The molecule has 2 heteroatoms. The van der Waals surface area contributed by atoms with Crippen molar-refractivity contribution in [3.8, 4) is 11.1 Å². The predicted molar refractivity (Wildman–Crippen MR) is 57.5 cm³/mol. The molecule has 0 aromatic heterocycles. The number of hydrogen-bond donors (Lipinski definition) is 0. The third-order valence-electron chi connectivity index (χ3n) is 2.73. The molecular formula is C13H10NO+. The first-order valence-corrected chi connectivity index (χ1v) is 4.99. The van der Waals surface area contributed by atoms with E-state index in [0.29, 0.717) is 6.42 Å². The summed E-state index contributed by atoms with van der Waals surface area (Å²) in [6.45, 7) is 0. The highest BCUT2D eigenvalue weighted by atomic mass is 16.2. The lowest BCUT2D eigenvalue weighted by Gasteiger charge is -2.01. The van der Waals surface area contributed by atoms with E-state index < -0.39 is 0 Å². The Morgan fingerprint density at radius 1 is 1.13 bits per heavy atom. The van der Waals surface area contributed by atoms with Gasteiger partial charge < -0.3 is 0 Å². The summed E-state index contributed by atoms with van der Waals surface area (Å²) in [5.41, 5.74) is 3.28. The van der Waals surface area contributed by atoms with Crippen molar-refractivity contribution in [3.63, 3.8) is 0 Å². The molecule has 1 aliphatic carbocycles. The number of rotatable bonds is 0. The number of aromatic nitrogens is 1. The maximum Gasteiger partial charge on any atom is 0.396 e. The zero-order valence-corrected chi connectivity index (χ0v) is 8.18. The number of fused-ring (bicyclic) bond motifs is 3. The summed E-state index contributed by atoms with van der Waals surface area (Å²) in [4.78, 5) is 11.7. The maximum absolute atomic E-state index is 11.7. The highest BCUT2D eigenvalue weighted by molar-refractivity contribution is 5.80. The summed E-state index contributed by atoms with van der Waals surface area (Å²) < 4.78 is 1.72. The summed E-state index contributed by atoms with van der Waals surface area (Å²) in [7, 11) is 0. The molecule has 2 nitrogen and oxygen atoms in total. The molecule has 2 heterocycles. The fourth-order valence-corrected chi connectivity index (χ4v) is 2.01. The molecule has 15 heavy (non-hydrogen) atoms. The van der Waals surface area contributed by atoms with Crippen molar-refractivity contribution >= 4 is 12.0 Å². The van der Waals surface area contributed by atoms with Crippen LogP contribution in [0.5, 0.6) is 0 Å². The average Bonchev–Trinajstić information content (AvgIpc) is 2.62. The van der Waals surface area contributed by atoms with E-state index in [9.17, 15) is 4.79 Å². The van der Waals surface area contributed by atoms with Gasteiger partial charge in [-0.25, -0.2) is 4.79 Å². The Morgan fingerprint density at radius 2 is 2.00 bits per heavy atom. The third-order valence-corrected chi connectivity index (χ3v) is 2.73. The van der Waals surface area contributed by atoms with Gasteiger partial charge in [-0.15, -0.1) is 4.57 Å². The Hall–Kier alpha value is -1.96. The van der Waals surface area contributed by atoms with E-state index in [1.54, 1.807) is 4.57 Å². The second-order valence-electron chi connectivity index (χ2n) is 3.66. The van der Waals surface area contributed by atoms with Crippen molar-refractivity contribution in [1.29, 1.82) is 0 Å². The van der Waals surface area contributed by atoms with Gasteiger partial charge in [0, 0.05) is 12.1 Å². The molecule has 2 aliphatic heterocycles. The second kappa shape index (κ2) is 3.02. The molecule has 0 radical (unpaired) electrons. The van der Waals surface area contributed by atoms with Crippen molar-refractivity contribution in [3.05, 3.63) is 48.3 Å². The average molecular weight is 196 g/mol. The SMILES string of the molecule is O=C1CC=Cc2c3cccc-3ccc[n+]21. The highest BCUT2D eigenvalue weighted by Crippen LogP contribution is 2.25. The third kappa shape index (κ3) is 1.18. The van der Waals surface area contributed by atoms with Crippen LogP contribution in [0.2, 0.25) is 0 Å². The van der Waals surface area contributed by atoms with Crippen LogP contribution < -0.4 is 4.57 Å². The van der Waals surface area contributed by atoms with Crippen LogP contribution in [0.4, 0.5) is 0 Å². The molecule has 3 aliphatic rings. The Kier molecular flexibility index (Phi) is 1.68. The maximum atomic E-state index is 11.7. The van der Waals surface area contributed by atoms with Crippen LogP contribution in [0, 0.1) is 0 Å². The standard InChI is InChI=1S/C13H10NO/c15-13-8-2-7-12-11-6-1-4-10(11)5-3-9-14(12)13/h1-7,9H,8H2/q+1. The molecule has 0 amide bonds. The monoisotopic (exact) mass is 196 g/mol. The highest BCUT2D eigenvalue weighted by Gasteiger charge is 2.24. The fraction of sp³-hybridized carbons (Fsp3) is 0.0769. The van der Waals surface area contributed by atoms with Crippen LogP contribution in [-0.2, 0) is 0 Å². The van der Waals surface area contributed by atoms with Gasteiger partial charge in [0.1, 0.15) is 0 Å². The van der Waals surface area contributed by atoms with E-state index >= 15 is 0 Å². The quantitative estimate of drug-likeness (QED) is 0.591. The molecule has 0 aromatic carbocycles. The van der Waals surface area contributed by atoms with E-state index in [1.807, 2.05) is 42.6 Å². The Bertz CT molecular complexity index is 542. The number of hydrogen-bond acceptors (Lipinski definition) is 1. The van der Waals surface area contributed by atoms with Gasteiger partial charge in [0.15, 0.2) is 6.20 Å². The molecule has 3 rings (SSSR count). The van der Waals surface area contributed by atoms with Crippen molar-refractivity contribution in [2.45, 2.75) is 6.42 Å². The van der Waals surface area contributed by atoms with Crippen molar-refractivity contribution < 1.29 is 9.36 Å². The van der Waals surface area contributed by atoms with Gasteiger partial charge in [-0.05, 0) is 17.7 Å².